The van der Waals surface area contributed by atoms with Crippen molar-refractivity contribution in [3.63, 3.8) is 0 Å². The van der Waals surface area contributed by atoms with Crippen LogP contribution in [0.15, 0.2) is 48.5 Å². The third-order valence-electron chi connectivity index (χ3n) is 4.50. The minimum atomic E-state index is 0. The van der Waals surface area contributed by atoms with Gasteiger partial charge >= 0.3 is 0 Å². The van der Waals surface area contributed by atoms with Gasteiger partial charge in [-0.3, -0.25) is 4.79 Å². The molecule has 0 aromatic heterocycles. The fraction of sp³-hybridized carbons (Fsp3) is 0.381. The molecule has 0 radical (unpaired) electrons. The summed E-state index contributed by atoms with van der Waals surface area (Å²) in [4.78, 5) is 13.5. The van der Waals surface area contributed by atoms with Crippen molar-refractivity contribution < 1.29 is 9.53 Å². The summed E-state index contributed by atoms with van der Waals surface area (Å²) in [6.45, 7) is 4.01. The van der Waals surface area contributed by atoms with Crippen molar-refractivity contribution in [3.05, 3.63) is 64.7 Å². The molecule has 27 heavy (non-hydrogen) atoms. The molecule has 0 bridgehead atoms. The van der Waals surface area contributed by atoms with Crippen LogP contribution in [0.5, 0.6) is 5.75 Å². The van der Waals surface area contributed by atoms with Crippen molar-refractivity contribution in [1.29, 1.82) is 0 Å². The van der Waals surface area contributed by atoms with Crippen LogP contribution in [0.4, 0.5) is 0 Å². The first kappa shape index (κ1) is 21.5. The van der Waals surface area contributed by atoms with Gasteiger partial charge in [0.1, 0.15) is 12.4 Å². The molecule has 0 aliphatic carbocycles. The van der Waals surface area contributed by atoms with Gasteiger partial charge in [-0.2, -0.15) is 0 Å². The van der Waals surface area contributed by atoms with Crippen molar-refractivity contribution in [2.45, 2.75) is 32.4 Å². The molecule has 1 aliphatic heterocycles. The largest absolute Gasteiger partial charge is 0.489 e. The minimum Gasteiger partial charge on any atom is -0.489 e. The van der Waals surface area contributed by atoms with Gasteiger partial charge in [0, 0.05) is 31.1 Å². The minimum absolute atomic E-state index is 0. The van der Waals surface area contributed by atoms with Gasteiger partial charge in [-0.25, -0.2) is 0 Å². The standard InChI is InChI=1S/C21H25ClN2O2.ClH/c22-19-9-7-17(8-10-19)16-26-20-5-1-4-18(14-20)15-23-11-3-13-24-12-2-6-21(24)25;/h1,4-5,7-10,14,23H,2-3,6,11-13,15-16H2;1H. The Balaban J connectivity index is 0.00000261. The quantitative estimate of drug-likeness (QED) is 0.623. The van der Waals surface area contributed by atoms with Crippen LogP contribution in [0, 0.1) is 0 Å². The Hall–Kier alpha value is -1.75. The third kappa shape index (κ3) is 7.06. The lowest BCUT2D eigenvalue weighted by Crippen LogP contribution is -2.28. The molecular weight excluding hydrogens is 383 g/mol. The van der Waals surface area contributed by atoms with Crippen LogP contribution < -0.4 is 10.1 Å². The summed E-state index contributed by atoms with van der Waals surface area (Å²) in [6.07, 6.45) is 2.71. The zero-order valence-corrected chi connectivity index (χ0v) is 16.9. The second-order valence-electron chi connectivity index (χ2n) is 6.58. The van der Waals surface area contributed by atoms with Crippen molar-refractivity contribution in [3.8, 4) is 5.75 Å². The van der Waals surface area contributed by atoms with E-state index in [0.717, 1.165) is 61.8 Å². The highest BCUT2D eigenvalue weighted by Crippen LogP contribution is 2.16. The fourth-order valence-corrected chi connectivity index (χ4v) is 3.19. The maximum atomic E-state index is 11.6. The number of carbonyl (C=O) groups is 1. The Labute approximate surface area is 172 Å². The number of hydrogen-bond acceptors (Lipinski definition) is 3. The summed E-state index contributed by atoms with van der Waals surface area (Å²) in [5.74, 6) is 1.16. The van der Waals surface area contributed by atoms with Crippen molar-refractivity contribution >= 4 is 29.9 Å². The van der Waals surface area contributed by atoms with Crippen LogP contribution in [0.1, 0.15) is 30.4 Å². The molecule has 1 saturated heterocycles. The summed E-state index contributed by atoms with van der Waals surface area (Å²) in [6, 6.07) is 15.8. The van der Waals surface area contributed by atoms with Crippen molar-refractivity contribution in [1.82, 2.24) is 10.2 Å². The predicted octanol–water partition coefficient (Wildman–Crippen LogP) is 4.44. The predicted molar refractivity (Wildman–Crippen MR) is 112 cm³/mol. The van der Waals surface area contributed by atoms with Crippen LogP contribution in [-0.4, -0.2) is 30.4 Å². The molecule has 2 aromatic rings. The Kier molecular flexibility index (Phi) is 8.92. The highest BCUT2D eigenvalue weighted by Gasteiger charge is 2.18. The van der Waals surface area contributed by atoms with Crippen molar-refractivity contribution in [2.24, 2.45) is 0 Å². The molecule has 6 heteroatoms. The lowest BCUT2D eigenvalue weighted by atomic mass is 10.2. The van der Waals surface area contributed by atoms with Gasteiger partial charge in [-0.05, 0) is 54.8 Å². The summed E-state index contributed by atoms with van der Waals surface area (Å²) < 4.78 is 5.86. The summed E-state index contributed by atoms with van der Waals surface area (Å²) in [5.41, 5.74) is 2.28. The smallest absolute Gasteiger partial charge is 0.222 e. The summed E-state index contributed by atoms with van der Waals surface area (Å²) in [7, 11) is 0. The topological polar surface area (TPSA) is 41.6 Å². The molecular formula is C21H26Cl2N2O2. The molecule has 1 fully saturated rings. The van der Waals surface area contributed by atoms with Gasteiger partial charge in [0.2, 0.25) is 5.91 Å². The van der Waals surface area contributed by atoms with Crippen LogP contribution >= 0.6 is 24.0 Å². The second kappa shape index (κ2) is 11.2. The number of nitrogens with zero attached hydrogens (tertiary/aromatic N) is 1. The Bertz CT molecular complexity index is 722. The SMILES string of the molecule is Cl.O=C1CCCN1CCCNCc1cccc(OCc2ccc(Cl)cc2)c1. The van der Waals surface area contributed by atoms with E-state index in [4.69, 9.17) is 16.3 Å². The van der Waals surface area contributed by atoms with E-state index in [9.17, 15) is 4.79 Å². The molecule has 1 N–H and O–H groups in total. The van der Waals surface area contributed by atoms with Crippen LogP contribution in [0.2, 0.25) is 5.02 Å². The number of ether oxygens (including phenoxy) is 1. The normalized spacial score (nSPS) is 13.5. The maximum absolute atomic E-state index is 11.6. The Morgan fingerprint density at radius 3 is 2.67 bits per heavy atom. The zero-order chi connectivity index (χ0) is 18.2. The molecule has 2 aromatic carbocycles. The Morgan fingerprint density at radius 1 is 1.11 bits per heavy atom. The number of rotatable bonds is 9. The van der Waals surface area contributed by atoms with Crippen LogP contribution in [0.3, 0.4) is 0 Å². The number of likely N-dealkylation sites (tertiary alicyclic amines) is 1. The lowest BCUT2D eigenvalue weighted by molar-refractivity contribution is -0.127. The summed E-state index contributed by atoms with van der Waals surface area (Å²) >= 11 is 5.90. The molecule has 1 amide bonds. The highest BCUT2D eigenvalue weighted by atomic mass is 35.5. The van der Waals surface area contributed by atoms with E-state index in [2.05, 4.69) is 17.4 Å². The van der Waals surface area contributed by atoms with Crippen LogP contribution in [0.25, 0.3) is 0 Å². The molecule has 146 valence electrons. The van der Waals surface area contributed by atoms with Crippen molar-refractivity contribution in [2.75, 3.05) is 19.6 Å². The Morgan fingerprint density at radius 2 is 1.93 bits per heavy atom. The first-order chi connectivity index (χ1) is 12.7. The molecule has 3 rings (SSSR count). The molecule has 0 unspecified atom stereocenters. The summed E-state index contributed by atoms with van der Waals surface area (Å²) in [5, 5.41) is 4.17. The highest BCUT2D eigenvalue weighted by molar-refractivity contribution is 6.30. The molecule has 0 spiro atoms. The monoisotopic (exact) mass is 408 g/mol. The first-order valence-electron chi connectivity index (χ1n) is 9.15. The average Bonchev–Trinajstić information content (AvgIpc) is 3.06. The second-order valence-corrected chi connectivity index (χ2v) is 7.01. The molecule has 0 saturated carbocycles. The van der Waals surface area contributed by atoms with Gasteiger partial charge in [-0.15, -0.1) is 12.4 Å². The van der Waals surface area contributed by atoms with Crippen LogP contribution in [-0.2, 0) is 17.9 Å². The third-order valence-corrected chi connectivity index (χ3v) is 4.75. The lowest BCUT2D eigenvalue weighted by Gasteiger charge is -2.15. The number of nitrogens with one attached hydrogen (secondary N) is 1. The zero-order valence-electron chi connectivity index (χ0n) is 15.3. The van der Waals surface area contributed by atoms with Gasteiger partial charge in [-0.1, -0.05) is 35.9 Å². The van der Waals surface area contributed by atoms with E-state index in [-0.39, 0.29) is 12.4 Å². The van der Waals surface area contributed by atoms with Gasteiger partial charge in [0.05, 0.1) is 0 Å². The van der Waals surface area contributed by atoms with E-state index < -0.39 is 0 Å². The van der Waals surface area contributed by atoms with E-state index in [0.29, 0.717) is 12.5 Å². The molecule has 0 atom stereocenters. The van der Waals surface area contributed by atoms with Gasteiger partial charge in [0.15, 0.2) is 0 Å². The van der Waals surface area contributed by atoms with E-state index in [1.165, 1.54) is 5.56 Å². The average molecular weight is 409 g/mol. The van der Waals surface area contributed by atoms with Gasteiger partial charge < -0.3 is 15.0 Å². The first-order valence-corrected chi connectivity index (χ1v) is 9.53. The molecule has 1 heterocycles. The maximum Gasteiger partial charge on any atom is 0.222 e. The number of amides is 1. The number of carbonyl (C=O) groups excluding carboxylic acids is 1. The van der Waals surface area contributed by atoms with Gasteiger partial charge in [0.25, 0.3) is 0 Å². The number of hydrogen-bond donors (Lipinski definition) is 1. The fourth-order valence-electron chi connectivity index (χ4n) is 3.06. The molecule has 4 nitrogen and oxygen atoms in total. The van der Waals surface area contributed by atoms with E-state index in [1.54, 1.807) is 0 Å². The number of halogens is 2. The number of benzene rings is 2. The molecule has 1 aliphatic rings. The van der Waals surface area contributed by atoms with E-state index in [1.807, 2.05) is 41.3 Å². The van der Waals surface area contributed by atoms with E-state index >= 15 is 0 Å².